The first kappa shape index (κ1) is 84.4. The number of aryl methyl sites for hydroxylation is 3. The molecule has 27 heteroatoms. The molecule has 114 heavy (non-hydrogen) atoms. The first-order valence-electron chi connectivity index (χ1n) is 37.3. The van der Waals surface area contributed by atoms with Gasteiger partial charge in [-0.15, -0.1) is 0 Å². The van der Waals surface area contributed by atoms with E-state index in [1.54, 1.807) is 73.7 Å². The van der Waals surface area contributed by atoms with E-state index in [0.29, 0.717) is 87.8 Å². The van der Waals surface area contributed by atoms with E-state index in [-0.39, 0.29) is 83.3 Å². The number of ketones is 3. The Labute approximate surface area is 659 Å². The molecule has 0 atom stereocenters. The maximum atomic E-state index is 14.7. The number of amides is 2. The van der Waals surface area contributed by atoms with Crippen LogP contribution in [0, 0.1) is 32.1 Å². The minimum atomic E-state index is -4.57. The van der Waals surface area contributed by atoms with Crippen molar-refractivity contribution in [2.75, 3.05) is 87.9 Å². The third-order valence-corrected chi connectivity index (χ3v) is 19.6. The smallest absolute Gasteiger partial charge is 0.416 e. The number of nitriles is 1. The van der Waals surface area contributed by atoms with Crippen molar-refractivity contribution in [1.82, 2.24) is 49.5 Å². The van der Waals surface area contributed by atoms with Gasteiger partial charge in [-0.3, -0.25) is 33.8 Å². The molecule has 2 amide bonds. The van der Waals surface area contributed by atoms with Gasteiger partial charge in [-0.2, -0.15) is 18.4 Å². The van der Waals surface area contributed by atoms with Gasteiger partial charge in [-0.05, 0) is 159 Å². The number of halogens is 5. The van der Waals surface area contributed by atoms with E-state index in [2.05, 4.69) is 93.6 Å². The topological polar surface area (TPSA) is 263 Å². The summed E-state index contributed by atoms with van der Waals surface area (Å²) in [6.07, 6.45) is 6.65. The number of Topliss-reactive ketones (excluding diaryl/α,β-unsaturated/α-hetero) is 1. The van der Waals surface area contributed by atoms with Crippen LogP contribution in [-0.2, 0) is 59.5 Å². The molecule has 3 aromatic heterocycles. The number of allylic oxidation sites excluding steroid dienone is 2. The molecular formula is C87H91F5N14O8. The summed E-state index contributed by atoms with van der Waals surface area (Å²) in [7, 11) is 0. The molecule has 3 aliphatic rings. The molecule has 6 aromatic carbocycles. The summed E-state index contributed by atoms with van der Waals surface area (Å²) in [4.78, 5) is 95.9. The number of rotatable bonds is 28. The summed E-state index contributed by atoms with van der Waals surface area (Å²) in [6, 6.07) is 36.6. The molecule has 0 radical (unpaired) electrons. The van der Waals surface area contributed by atoms with Crippen molar-refractivity contribution in [3.05, 3.63) is 261 Å². The number of likely N-dealkylation sites (N-methyl/N-ethyl adjacent to an activating group) is 2. The maximum Gasteiger partial charge on any atom is 0.416 e. The average Bonchev–Trinajstić information content (AvgIpc) is 1.74. The van der Waals surface area contributed by atoms with Crippen molar-refractivity contribution in [3.63, 3.8) is 0 Å². The van der Waals surface area contributed by atoms with Crippen LogP contribution in [0.3, 0.4) is 0 Å². The maximum absolute atomic E-state index is 14.7. The number of anilines is 3. The first-order valence-corrected chi connectivity index (χ1v) is 37.3. The number of ether oxygens (including phenoxy) is 3. The predicted octanol–water partition coefficient (Wildman–Crippen LogP) is 15.9. The molecule has 12 rings (SSSR count). The number of nitrogens with one attached hydrogen (secondary N) is 3. The Balaban J connectivity index is 0.000000183. The fourth-order valence-electron chi connectivity index (χ4n) is 12.6. The number of nitrogens with zero attached hydrogens (tertiary/aromatic N) is 11. The molecule has 22 nitrogen and oxygen atoms in total. The summed E-state index contributed by atoms with van der Waals surface area (Å²) in [5, 5.41) is 17.7. The quantitative estimate of drug-likeness (QED) is 0.0234. The van der Waals surface area contributed by atoms with E-state index in [1.165, 1.54) is 61.5 Å². The highest BCUT2D eigenvalue weighted by atomic mass is 19.4. The zero-order valence-electron chi connectivity index (χ0n) is 65.0. The fourth-order valence-corrected chi connectivity index (χ4v) is 12.6. The van der Waals surface area contributed by atoms with Crippen molar-refractivity contribution in [2.45, 2.75) is 105 Å². The van der Waals surface area contributed by atoms with Gasteiger partial charge >= 0.3 is 6.18 Å². The van der Waals surface area contributed by atoms with Crippen LogP contribution in [0.25, 0.3) is 6.08 Å². The van der Waals surface area contributed by atoms with Crippen molar-refractivity contribution in [1.29, 1.82) is 5.26 Å². The monoisotopic (exact) mass is 1550 g/mol. The molecule has 0 spiro atoms. The van der Waals surface area contributed by atoms with E-state index in [1.807, 2.05) is 69.0 Å². The summed E-state index contributed by atoms with van der Waals surface area (Å²) >= 11 is 0. The van der Waals surface area contributed by atoms with Gasteiger partial charge in [0.15, 0.2) is 17.3 Å². The van der Waals surface area contributed by atoms with Crippen LogP contribution in [0.1, 0.15) is 133 Å². The van der Waals surface area contributed by atoms with Crippen LogP contribution >= 0.6 is 0 Å². The molecule has 5 heterocycles. The minimum Gasteiger partial charge on any atom is -0.439 e. The van der Waals surface area contributed by atoms with Crippen molar-refractivity contribution < 1.29 is 60.1 Å². The predicted molar refractivity (Wildman–Crippen MR) is 426 cm³/mol. The Kier molecular flexibility index (Phi) is 28.4. The molecule has 2 fully saturated rings. The van der Waals surface area contributed by atoms with Crippen LogP contribution < -0.4 is 30.2 Å². The van der Waals surface area contributed by atoms with E-state index < -0.39 is 29.0 Å². The summed E-state index contributed by atoms with van der Waals surface area (Å²) in [5.74, 6) is -1.91. The van der Waals surface area contributed by atoms with Gasteiger partial charge < -0.3 is 40.0 Å². The second-order valence-corrected chi connectivity index (χ2v) is 28.3. The highest BCUT2D eigenvalue weighted by Gasteiger charge is 2.35. The van der Waals surface area contributed by atoms with Crippen molar-refractivity contribution in [3.8, 4) is 41.0 Å². The van der Waals surface area contributed by atoms with Crippen molar-refractivity contribution in [2.24, 2.45) is 0 Å². The van der Waals surface area contributed by atoms with Gasteiger partial charge in [0.05, 0.1) is 47.0 Å². The molecule has 3 N–H and O–H groups in total. The molecule has 2 aliphatic heterocycles. The third kappa shape index (κ3) is 23.3. The molecule has 1 aliphatic carbocycles. The van der Waals surface area contributed by atoms with Gasteiger partial charge in [0.25, 0.3) is 17.7 Å². The lowest BCUT2D eigenvalue weighted by atomic mass is 9.86. The number of alkyl halides is 5. The van der Waals surface area contributed by atoms with E-state index >= 15 is 0 Å². The number of aromatic nitrogens is 6. The average molecular weight is 1560 g/mol. The van der Waals surface area contributed by atoms with E-state index in [0.717, 1.165) is 99.7 Å². The molecule has 9 aromatic rings. The lowest BCUT2D eigenvalue weighted by molar-refractivity contribution is -0.138. The molecular weight excluding hydrogens is 1460 g/mol. The Bertz CT molecular complexity index is 5080. The Hall–Kier alpha value is -12.1. The minimum absolute atomic E-state index is 0.0278. The normalized spacial score (nSPS) is 13.8. The largest absolute Gasteiger partial charge is 0.439 e. The van der Waals surface area contributed by atoms with Gasteiger partial charge in [-0.25, -0.2) is 38.7 Å². The number of hydrogen-bond donors (Lipinski definition) is 3. The first-order chi connectivity index (χ1) is 54.5. The lowest BCUT2D eigenvalue weighted by Crippen LogP contribution is -2.45. The fraction of sp³-hybridized carbons (Fsp3) is 0.310. The molecule has 0 bridgehead atoms. The summed E-state index contributed by atoms with van der Waals surface area (Å²) in [5.41, 5.74) is 7.00. The number of hydrogen-bond acceptors (Lipinski definition) is 20. The van der Waals surface area contributed by atoms with Crippen LogP contribution in [0.15, 0.2) is 178 Å². The molecule has 0 unspecified atom stereocenters. The second-order valence-electron chi connectivity index (χ2n) is 28.3. The van der Waals surface area contributed by atoms with Crippen LogP contribution in [0.2, 0.25) is 0 Å². The zero-order valence-corrected chi connectivity index (χ0v) is 65.0. The molecule has 2 saturated heterocycles. The Morgan fingerprint density at radius 3 is 1.65 bits per heavy atom. The van der Waals surface area contributed by atoms with Crippen LogP contribution in [0.4, 0.5) is 39.1 Å². The van der Waals surface area contributed by atoms with Gasteiger partial charge in [0, 0.05) is 131 Å². The Morgan fingerprint density at radius 2 is 1.08 bits per heavy atom. The van der Waals surface area contributed by atoms with Gasteiger partial charge in [0.2, 0.25) is 17.6 Å². The third-order valence-electron chi connectivity index (χ3n) is 19.6. The van der Waals surface area contributed by atoms with Crippen molar-refractivity contribution >= 4 is 52.4 Å². The number of fused-ring (bicyclic) bond motifs is 1. The summed E-state index contributed by atoms with van der Waals surface area (Å²) in [6.45, 7) is 30.3. The second kappa shape index (κ2) is 38.4. The van der Waals surface area contributed by atoms with Gasteiger partial charge in [0.1, 0.15) is 42.0 Å². The van der Waals surface area contributed by atoms with Gasteiger partial charge in [-0.1, -0.05) is 93.8 Å². The summed E-state index contributed by atoms with van der Waals surface area (Å²) < 4.78 is 89.2. The SMILES string of the molecule is C=CC(=O)CNc1cc(Oc2cc(C(=O)Cc3ccc(CN4CCN(CC)CC4)c(C(C)(F)F)c3)ccc2C)ncn1.C=CC(=O)Cc1cc(Oc2cc(C(=O)Nc3ccc(CN4CCN(CC)CC4)c(C(F)(F)F)c3)ccc2C)ncn1.Cc1ccc(C(=O)Nc2cccc(C(C)(C)C#N)c2)cc1Oc1ncnc2c1C=CC2. The number of carbonyl (C=O) groups is 5. The lowest BCUT2D eigenvalue weighted by Gasteiger charge is -2.34. The van der Waals surface area contributed by atoms with Crippen LogP contribution in [0.5, 0.6) is 34.9 Å². The zero-order chi connectivity index (χ0) is 81.9. The standard InChI is InChI=1S/C32H37F2N5O3.C30H32F3N5O3.C25H22N4O2/c1-5-26(40)19-35-30-18-31(37-21-36-30)42-29-17-24(9-7-22(29)3)28(41)16-23-8-10-25(27(15-23)32(4,33)34)20-39-13-11-38(6-2)12-14-39;1-4-25(39)15-24-17-28(35-19-34-24)41-27-14-21(7-6-20(27)3)29(40)36-23-9-8-22(26(16-23)30(31,32)33)18-38-12-10-37(5-2)11-13-38;1-16-10-11-17(12-22(16)31-24-20-8-5-9-21(20)27-15-28-24)23(30)29-19-7-4-6-18(13-19)25(2,3)14-26/h5,7-10,15,17-18,21H,1,6,11-14,16,19-20H2,2-4H3,(H,35,36,37);4,6-9,14,16-17,19H,1,5,10-13,15,18H2,2-3H3,(H,36,40);4-8,10-13,15H,9H2,1-3H3,(H,29,30). The highest BCUT2D eigenvalue weighted by molar-refractivity contribution is 6.05. The number of carbonyl (C=O) groups excluding carboxylic acids is 5. The highest BCUT2D eigenvalue weighted by Crippen LogP contribution is 2.38. The van der Waals surface area contributed by atoms with E-state index in [4.69, 9.17) is 14.2 Å². The van der Waals surface area contributed by atoms with Crippen LogP contribution in [-0.4, -0.2) is 151 Å². The van der Waals surface area contributed by atoms with E-state index in [9.17, 15) is 51.2 Å². The Morgan fingerprint density at radius 1 is 0.553 bits per heavy atom. The number of piperazine rings is 2. The molecule has 0 saturated carbocycles. The molecule has 592 valence electrons. The number of benzene rings is 6.